The van der Waals surface area contributed by atoms with Gasteiger partial charge in [-0.05, 0) is 91.5 Å². The molecule has 3 aromatic rings. The Morgan fingerprint density at radius 3 is 2.50 bits per heavy atom. The molecular formula is C26H32BrN3O3S. The number of benzene rings is 2. The van der Waals surface area contributed by atoms with E-state index in [9.17, 15) is 4.79 Å². The Hall–Kier alpha value is -2.16. The van der Waals surface area contributed by atoms with Crippen LogP contribution in [-0.4, -0.2) is 58.3 Å². The third-order valence-electron chi connectivity index (χ3n) is 5.59. The number of halogens is 1. The van der Waals surface area contributed by atoms with Crippen molar-refractivity contribution in [2.45, 2.75) is 44.7 Å². The highest BCUT2D eigenvalue weighted by atomic mass is 79.9. The number of amides is 1. The van der Waals surface area contributed by atoms with Gasteiger partial charge in [0.2, 0.25) is 0 Å². The van der Waals surface area contributed by atoms with Crippen LogP contribution >= 0.6 is 27.9 Å². The number of hydrogen-bond donors (Lipinski definition) is 0. The molecule has 0 unspecified atom stereocenters. The van der Waals surface area contributed by atoms with Gasteiger partial charge in [-0.2, -0.15) is 0 Å². The molecule has 0 radical (unpaired) electrons. The number of aromatic nitrogens is 1. The maximum atomic E-state index is 12.4. The lowest BCUT2D eigenvalue weighted by Gasteiger charge is -2.35. The van der Waals surface area contributed by atoms with Crippen LogP contribution < -0.4 is 4.74 Å². The fraction of sp³-hybridized carbons (Fsp3) is 0.423. The molecule has 34 heavy (non-hydrogen) atoms. The molecule has 0 atom stereocenters. The highest BCUT2D eigenvalue weighted by Gasteiger charge is 2.26. The van der Waals surface area contributed by atoms with Crippen LogP contribution in [0.2, 0.25) is 0 Å². The molecule has 0 aliphatic carbocycles. The maximum Gasteiger partial charge on any atom is 0.410 e. The number of rotatable bonds is 6. The van der Waals surface area contributed by atoms with E-state index >= 15 is 0 Å². The first-order valence-corrected chi connectivity index (χ1v) is 13.2. The van der Waals surface area contributed by atoms with Gasteiger partial charge in [0.25, 0.3) is 0 Å². The Kier molecular flexibility index (Phi) is 7.80. The monoisotopic (exact) mass is 545 g/mol. The highest BCUT2D eigenvalue weighted by molar-refractivity contribution is 9.10. The smallest absolute Gasteiger partial charge is 0.410 e. The first-order chi connectivity index (χ1) is 16.2. The minimum absolute atomic E-state index is 0.227. The SMILES string of the molecule is CCOc1ccc2c(c1)c(CN1CCN(C(=O)OC(C)(C)C)CC1)cn2Sc1ccccc1Br. The van der Waals surface area contributed by atoms with Crippen LogP contribution in [0.25, 0.3) is 10.9 Å². The Labute approximate surface area is 214 Å². The van der Waals surface area contributed by atoms with Crippen LogP contribution in [0.1, 0.15) is 33.3 Å². The zero-order valence-corrected chi connectivity index (χ0v) is 22.6. The predicted molar refractivity (Wildman–Crippen MR) is 142 cm³/mol. The van der Waals surface area contributed by atoms with Crippen LogP contribution in [0.5, 0.6) is 5.75 Å². The van der Waals surface area contributed by atoms with E-state index in [4.69, 9.17) is 9.47 Å². The molecule has 1 fully saturated rings. The molecule has 1 saturated heterocycles. The number of nitrogens with zero attached hydrogens (tertiary/aromatic N) is 3. The van der Waals surface area contributed by atoms with Gasteiger partial charge in [0.15, 0.2) is 0 Å². The van der Waals surface area contributed by atoms with Crippen molar-refractivity contribution in [3.05, 3.63) is 58.7 Å². The van der Waals surface area contributed by atoms with Gasteiger partial charge in [0.05, 0.1) is 12.1 Å². The van der Waals surface area contributed by atoms with E-state index in [1.54, 1.807) is 16.8 Å². The van der Waals surface area contributed by atoms with Crippen molar-refractivity contribution in [3.8, 4) is 5.75 Å². The first-order valence-electron chi connectivity index (χ1n) is 11.6. The molecule has 0 N–H and O–H groups in total. The van der Waals surface area contributed by atoms with Crippen LogP contribution in [0.4, 0.5) is 4.79 Å². The highest BCUT2D eigenvalue weighted by Crippen LogP contribution is 2.35. The predicted octanol–water partition coefficient (Wildman–Crippen LogP) is 6.41. The topological polar surface area (TPSA) is 46.9 Å². The molecule has 6 nitrogen and oxygen atoms in total. The average Bonchev–Trinajstić information content (AvgIpc) is 3.11. The van der Waals surface area contributed by atoms with E-state index in [2.05, 4.69) is 61.3 Å². The molecule has 4 rings (SSSR count). The van der Waals surface area contributed by atoms with E-state index < -0.39 is 5.60 Å². The van der Waals surface area contributed by atoms with Gasteiger partial charge in [0, 0.05) is 53.7 Å². The molecule has 1 aliphatic rings. The molecule has 2 aromatic carbocycles. The zero-order valence-electron chi connectivity index (χ0n) is 20.2. The summed E-state index contributed by atoms with van der Waals surface area (Å²) < 4.78 is 14.6. The lowest BCUT2D eigenvalue weighted by atomic mass is 10.1. The van der Waals surface area contributed by atoms with Gasteiger partial charge >= 0.3 is 6.09 Å². The Balaban J connectivity index is 1.53. The summed E-state index contributed by atoms with van der Waals surface area (Å²) in [7, 11) is 0. The van der Waals surface area contributed by atoms with Gasteiger partial charge in [-0.3, -0.25) is 8.87 Å². The van der Waals surface area contributed by atoms with E-state index in [1.807, 2.05) is 39.8 Å². The largest absolute Gasteiger partial charge is 0.494 e. The molecule has 1 amide bonds. The van der Waals surface area contributed by atoms with Crippen LogP contribution in [0.15, 0.2) is 58.0 Å². The number of hydrogen-bond acceptors (Lipinski definition) is 5. The summed E-state index contributed by atoms with van der Waals surface area (Å²) in [5, 5.41) is 1.19. The molecule has 0 saturated carbocycles. The minimum Gasteiger partial charge on any atom is -0.494 e. The summed E-state index contributed by atoms with van der Waals surface area (Å²) in [6, 6.07) is 14.6. The lowest BCUT2D eigenvalue weighted by Crippen LogP contribution is -2.49. The van der Waals surface area contributed by atoms with Crippen molar-refractivity contribution in [1.82, 2.24) is 13.8 Å². The number of ether oxygens (including phenoxy) is 2. The molecule has 1 aliphatic heterocycles. The zero-order chi connectivity index (χ0) is 24.3. The second kappa shape index (κ2) is 10.6. The van der Waals surface area contributed by atoms with Crippen molar-refractivity contribution in [2.24, 2.45) is 0 Å². The fourth-order valence-corrected chi connectivity index (χ4v) is 5.43. The van der Waals surface area contributed by atoms with Gasteiger partial charge in [0.1, 0.15) is 11.4 Å². The van der Waals surface area contributed by atoms with Crippen LogP contribution in [-0.2, 0) is 11.3 Å². The molecule has 0 bridgehead atoms. The van der Waals surface area contributed by atoms with E-state index in [0.29, 0.717) is 19.7 Å². The van der Waals surface area contributed by atoms with Gasteiger partial charge in [-0.15, -0.1) is 0 Å². The molecular weight excluding hydrogens is 514 g/mol. The number of piperazine rings is 1. The summed E-state index contributed by atoms with van der Waals surface area (Å²) >= 11 is 5.36. The average molecular weight is 547 g/mol. The molecule has 182 valence electrons. The van der Waals surface area contributed by atoms with Crippen molar-refractivity contribution in [2.75, 3.05) is 32.8 Å². The van der Waals surface area contributed by atoms with Crippen molar-refractivity contribution < 1.29 is 14.3 Å². The van der Waals surface area contributed by atoms with Gasteiger partial charge in [-0.25, -0.2) is 4.79 Å². The molecule has 0 spiro atoms. The number of carbonyl (C=O) groups excluding carboxylic acids is 1. The minimum atomic E-state index is -0.472. The number of fused-ring (bicyclic) bond motifs is 1. The summed E-state index contributed by atoms with van der Waals surface area (Å²) in [6.07, 6.45) is 2.00. The van der Waals surface area contributed by atoms with E-state index in [1.165, 1.54) is 10.9 Å². The Morgan fingerprint density at radius 2 is 1.82 bits per heavy atom. The fourth-order valence-electron chi connectivity index (χ4n) is 3.98. The summed E-state index contributed by atoms with van der Waals surface area (Å²) in [5.41, 5.74) is 1.94. The summed E-state index contributed by atoms with van der Waals surface area (Å²) in [6.45, 7) is 12.1. The van der Waals surface area contributed by atoms with Gasteiger partial charge in [-0.1, -0.05) is 12.1 Å². The molecule has 1 aromatic heterocycles. The van der Waals surface area contributed by atoms with E-state index in [0.717, 1.165) is 40.3 Å². The second-order valence-corrected chi connectivity index (χ2v) is 11.2. The quantitative estimate of drug-likeness (QED) is 0.358. The standard InChI is InChI=1S/C26H32BrN3O3S/c1-5-32-20-10-11-23-21(16-20)19(18-30(23)34-24-9-7-6-8-22(24)27)17-28-12-14-29(15-13-28)25(31)33-26(2,3)4/h6-11,16,18H,5,12-15,17H2,1-4H3. The van der Waals surface area contributed by atoms with Crippen molar-refractivity contribution >= 4 is 44.9 Å². The Bertz CT molecular complexity index is 1150. The molecule has 2 heterocycles. The van der Waals surface area contributed by atoms with Gasteiger partial charge < -0.3 is 14.4 Å². The Morgan fingerprint density at radius 1 is 1.09 bits per heavy atom. The summed E-state index contributed by atoms with van der Waals surface area (Å²) in [4.78, 5) is 17.8. The number of carbonyl (C=O) groups is 1. The third-order valence-corrected chi connectivity index (χ3v) is 7.59. The first kappa shape index (κ1) is 24.9. The summed E-state index contributed by atoms with van der Waals surface area (Å²) in [5.74, 6) is 0.884. The van der Waals surface area contributed by atoms with E-state index in [-0.39, 0.29) is 6.09 Å². The maximum absolute atomic E-state index is 12.4. The van der Waals surface area contributed by atoms with Crippen LogP contribution in [0, 0.1) is 0 Å². The second-order valence-electron chi connectivity index (χ2n) is 9.36. The lowest BCUT2D eigenvalue weighted by molar-refractivity contribution is 0.0139. The molecule has 8 heteroatoms. The normalized spacial score (nSPS) is 15.0. The van der Waals surface area contributed by atoms with Crippen molar-refractivity contribution in [3.63, 3.8) is 0 Å². The van der Waals surface area contributed by atoms with Crippen LogP contribution in [0.3, 0.4) is 0 Å². The third kappa shape index (κ3) is 6.09. The van der Waals surface area contributed by atoms with Crippen molar-refractivity contribution in [1.29, 1.82) is 0 Å².